The van der Waals surface area contributed by atoms with Crippen molar-refractivity contribution in [2.24, 2.45) is 0 Å². The summed E-state index contributed by atoms with van der Waals surface area (Å²) in [4.78, 5) is 33.7. The summed E-state index contributed by atoms with van der Waals surface area (Å²) in [5.74, 6) is 0.240. The first-order valence-electron chi connectivity index (χ1n) is 6.77. The first-order valence-corrected chi connectivity index (χ1v) is 8.49. The van der Waals surface area contributed by atoms with Gasteiger partial charge < -0.3 is 34.3 Å². The second kappa shape index (κ2) is 8.17. The Morgan fingerprint density at radius 2 is 2.12 bits per heavy atom. The molecule has 2 fully saturated rings. The van der Waals surface area contributed by atoms with Crippen molar-refractivity contribution in [3.63, 3.8) is 0 Å². The van der Waals surface area contributed by atoms with Gasteiger partial charge in [0.15, 0.2) is 17.7 Å². The molecular weight excluding hydrogens is 375 g/mol. The minimum absolute atomic E-state index is 0. The Labute approximate surface area is 186 Å². The minimum Gasteiger partial charge on any atom is -0.809 e. The standard InChI is InChI=1S/C11H14N5O6P.2Na/c12-9-6-10(14-2-13-9)16(3-15-6)11-8-7(5(22-11)1-20-8)21-4-23(17,18)19;;/h2-3,5,7-8,11H,1,4H2,(H2,12,13,14)(H2,17,18,19);;/q;2*+1/p-2/t5-,7-,8+,11+;;/m0../s1. The maximum absolute atomic E-state index is 10.8. The summed E-state index contributed by atoms with van der Waals surface area (Å²) in [6, 6.07) is 0. The fourth-order valence-electron chi connectivity index (χ4n) is 2.88. The number of rotatable bonds is 4. The fraction of sp³-hybridized carbons (Fsp3) is 0.545. The Kier molecular flexibility index (Phi) is 7.09. The number of nitrogen functional groups attached to an aromatic ring is 1. The van der Waals surface area contributed by atoms with Gasteiger partial charge in [0.1, 0.15) is 30.2 Å². The first-order chi connectivity index (χ1) is 10.9. The van der Waals surface area contributed by atoms with Crippen molar-refractivity contribution < 1.29 is 87.7 Å². The molecule has 0 spiro atoms. The van der Waals surface area contributed by atoms with E-state index in [2.05, 4.69) is 15.0 Å². The summed E-state index contributed by atoms with van der Waals surface area (Å²) in [5.41, 5.74) is 6.64. The van der Waals surface area contributed by atoms with Crippen LogP contribution in [0.2, 0.25) is 0 Å². The molecule has 0 amide bonds. The second-order valence-corrected chi connectivity index (χ2v) is 6.80. The van der Waals surface area contributed by atoms with Crippen molar-refractivity contribution in [3.05, 3.63) is 12.7 Å². The fourth-order valence-corrected chi connectivity index (χ4v) is 3.24. The summed E-state index contributed by atoms with van der Waals surface area (Å²) in [5, 5.41) is 0. The number of nitrogens with two attached hydrogens (primary N) is 1. The smallest absolute Gasteiger partial charge is 0.809 e. The molecule has 11 nitrogen and oxygen atoms in total. The van der Waals surface area contributed by atoms with E-state index < -0.39 is 38.5 Å². The van der Waals surface area contributed by atoms with E-state index in [1.54, 1.807) is 4.57 Å². The van der Waals surface area contributed by atoms with Crippen LogP contribution in [0.1, 0.15) is 6.23 Å². The predicted octanol–water partition coefficient (Wildman–Crippen LogP) is -8.03. The van der Waals surface area contributed by atoms with Crippen LogP contribution in [-0.4, -0.2) is 50.8 Å². The number of nitrogens with zero attached hydrogens (tertiary/aromatic N) is 4. The summed E-state index contributed by atoms with van der Waals surface area (Å²) in [6.45, 7) is 0.262. The van der Waals surface area contributed by atoms with E-state index in [1.165, 1.54) is 12.7 Å². The molecule has 4 atom stereocenters. The topological polar surface area (TPSA) is 161 Å². The van der Waals surface area contributed by atoms with Gasteiger partial charge in [-0.2, -0.15) is 0 Å². The van der Waals surface area contributed by atoms with Gasteiger partial charge in [-0.15, -0.1) is 0 Å². The Hall–Kier alpha value is 0.380. The number of imidazole rings is 1. The van der Waals surface area contributed by atoms with E-state index in [-0.39, 0.29) is 71.5 Å². The average molecular weight is 387 g/mol. The molecule has 0 aliphatic carbocycles. The average Bonchev–Trinajstić information content (AvgIpc) is 3.16. The largest absolute Gasteiger partial charge is 1.00 e. The van der Waals surface area contributed by atoms with Gasteiger partial charge in [0.2, 0.25) is 0 Å². The molecular formula is C11H12N5Na2O6P. The molecule has 2 saturated heterocycles. The van der Waals surface area contributed by atoms with Gasteiger partial charge in [-0.3, -0.25) is 4.57 Å². The Bertz CT molecular complexity index is 802. The minimum atomic E-state index is -4.76. The molecule has 2 aromatic rings. The van der Waals surface area contributed by atoms with Gasteiger partial charge in [-0.25, -0.2) is 15.0 Å². The quantitative estimate of drug-likeness (QED) is 0.394. The second-order valence-electron chi connectivity index (χ2n) is 5.32. The third-order valence-corrected chi connectivity index (χ3v) is 4.29. The third-order valence-electron chi connectivity index (χ3n) is 3.82. The van der Waals surface area contributed by atoms with E-state index >= 15 is 0 Å². The number of anilines is 1. The van der Waals surface area contributed by atoms with Crippen LogP contribution in [0, 0.1) is 0 Å². The molecule has 2 N–H and O–H groups in total. The van der Waals surface area contributed by atoms with Gasteiger partial charge in [-0.1, -0.05) is 0 Å². The Morgan fingerprint density at radius 3 is 2.84 bits per heavy atom. The van der Waals surface area contributed by atoms with Crippen LogP contribution in [0.3, 0.4) is 0 Å². The van der Waals surface area contributed by atoms with Crippen LogP contribution < -0.4 is 74.6 Å². The number of fused-ring (bicyclic) bond motifs is 3. The van der Waals surface area contributed by atoms with E-state index in [0.717, 1.165) is 0 Å². The van der Waals surface area contributed by atoms with Gasteiger partial charge >= 0.3 is 59.1 Å². The van der Waals surface area contributed by atoms with Crippen molar-refractivity contribution in [1.29, 1.82) is 0 Å². The van der Waals surface area contributed by atoms with Gasteiger partial charge in [0.05, 0.1) is 19.3 Å². The molecule has 14 heteroatoms. The maximum atomic E-state index is 10.8. The molecule has 2 aliphatic rings. The zero-order chi connectivity index (χ0) is 16.2. The van der Waals surface area contributed by atoms with Crippen LogP contribution in [-0.2, 0) is 18.8 Å². The van der Waals surface area contributed by atoms with E-state index in [0.29, 0.717) is 11.2 Å². The Morgan fingerprint density at radius 1 is 1.36 bits per heavy atom. The zero-order valence-electron chi connectivity index (χ0n) is 13.6. The van der Waals surface area contributed by atoms with E-state index in [9.17, 15) is 14.4 Å². The monoisotopic (exact) mass is 387 g/mol. The summed E-state index contributed by atoms with van der Waals surface area (Å²) in [7, 11) is -4.76. The normalized spacial score (nSPS) is 27.9. The van der Waals surface area contributed by atoms with Crippen molar-refractivity contribution in [2.75, 3.05) is 18.7 Å². The molecule has 0 unspecified atom stereocenters. The predicted molar refractivity (Wildman–Crippen MR) is 70.7 cm³/mol. The maximum Gasteiger partial charge on any atom is 1.00 e. The van der Waals surface area contributed by atoms with E-state index in [1.807, 2.05) is 0 Å². The summed E-state index contributed by atoms with van der Waals surface area (Å²) in [6.07, 6.45) is -0.377. The molecule has 124 valence electrons. The first kappa shape index (κ1) is 21.7. The van der Waals surface area contributed by atoms with Gasteiger partial charge in [0, 0.05) is 0 Å². The number of hydrogen-bond acceptors (Lipinski definition) is 10. The molecule has 2 aliphatic heterocycles. The Balaban J connectivity index is 0.00000113. The summed E-state index contributed by atoms with van der Waals surface area (Å²) >= 11 is 0. The van der Waals surface area contributed by atoms with Crippen LogP contribution in [0.15, 0.2) is 12.7 Å². The van der Waals surface area contributed by atoms with Crippen LogP contribution >= 0.6 is 7.60 Å². The van der Waals surface area contributed by atoms with Crippen molar-refractivity contribution in [1.82, 2.24) is 19.5 Å². The van der Waals surface area contributed by atoms with Crippen LogP contribution in [0.4, 0.5) is 5.82 Å². The molecule has 0 aromatic carbocycles. The molecule has 0 radical (unpaired) electrons. The van der Waals surface area contributed by atoms with Crippen molar-refractivity contribution >= 4 is 24.6 Å². The zero-order valence-corrected chi connectivity index (χ0v) is 18.5. The molecule has 4 rings (SSSR count). The number of ether oxygens (including phenoxy) is 3. The number of aromatic nitrogens is 4. The van der Waals surface area contributed by atoms with Crippen LogP contribution in [0.25, 0.3) is 11.2 Å². The van der Waals surface area contributed by atoms with E-state index in [4.69, 9.17) is 19.9 Å². The molecule has 2 aromatic heterocycles. The molecule has 4 heterocycles. The summed E-state index contributed by atoms with van der Waals surface area (Å²) < 4.78 is 29.0. The molecule has 25 heavy (non-hydrogen) atoms. The van der Waals surface area contributed by atoms with Gasteiger partial charge in [-0.05, 0) is 7.60 Å². The molecule has 0 saturated carbocycles. The van der Waals surface area contributed by atoms with Gasteiger partial charge in [0.25, 0.3) is 0 Å². The van der Waals surface area contributed by atoms with Crippen molar-refractivity contribution in [2.45, 2.75) is 24.5 Å². The van der Waals surface area contributed by atoms with Crippen molar-refractivity contribution in [3.8, 4) is 0 Å². The molecule has 2 bridgehead atoms. The SMILES string of the molecule is Nc1ncnc2c1ncn2[C@@H]1O[C@H]2CO[C@@H]1[C@H]2OCP(=O)([O-])[O-].[Na+].[Na+]. The third kappa shape index (κ3) is 4.13. The number of hydrogen-bond donors (Lipinski definition) is 1. The van der Waals surface area contributed by atoms with Crippen LogP contribution in [0.5, 0.6) is 0 Å².